The summed E-state index contributed by atoms with van der Waals surface area (Å²) in [6.07, 6.45) is 0.874. The molecule has 0 radical (unpaired) electrons. The van der Waals surface area contributed by atoms with Crippen molar-refractivity contribution >= 4 is 29.2 Å². The molecule has 1 aromatic carbocycles. The van der Waals surface area contributed by atoms with Gasteiger partial charge in [-0.15, -0.1) is 0 Å². The third-order valence-electron chi connectivity index (χ3n) is 2.87. The van der Waals surface area contributed by atoms with E-state index >= 15 is 0 Å². The maximum Gasteiger partial charge on any atom is 0.337 e. The summed E-state index contributed by atoms with van der Waals surface area (Å²) in [7, 11) is 3.40. The Morgan fingerprint density at radius 2 is 1.95 bits per heavy atom. The Balaban J connectivity index is 3.00. The van der Waals surface area contributed by atoms with Crippen molar-refractivity contribution in [3.8, 4) is 0 Å². The molecule has 20 heavy (non-hydrogen) atoms. The maximum absolute atomic E-state index is 11.8. The van der Waals surface area contributed by atoms with Gasteiger partial charge in [0, 0.05) is 26.3 Å². The normalized spacial score (nSPS) is 10.2. The Morgan fingerprint density at radius 3 is 2.40 bits per heavy atom. The number of carboxylic acids is 1. The van der Waals surface area contributed by atoms with Gasteiger partial charge in [0.15, 0.2) is 0 Å². The van der Waals surface area contributed by atoms with Crippen LogP contribution in [0.5, 0.6) is 0 Å². The highest BCUT2D eigenvalue weighted by atomic mass is 35.5. The number of halogens is 1. The smallest absolute Gasteiger partial charge is 0.337 e. The highest BCUT2D eigenvalue weighted by Gasteiger charge is 2.15. The summed E-state index contributed by atoms with van der Waals surface area (Å²) in [5, 5.41) is 9.13. The number of nitrogens with zero attached hydrogens (tertiary/aromatic N) is 2. The van der Waals surface area contributed by atoms with Gasteiger partial charge in [0.05, 0.1) is 17.1 Å². The van der Waals surface area contributed by atoms with Gasteiger partial charge in [-0.2, -0.15) is 0 Å². The first kappa shape index (κ1) is 16.3. The van der Waals surface area contributed by atoms with Crippen LogP contribution in [0.15, 0.2) is 18.2 Å². The zero-order valence-electron chi connectivity index (χ0n) is 11.9. The molecule has 0 aromatic heterocycles. The average molecular weight is 299 g/mol. The number of amides is 1. The van der Waals surface area contributed by atoms with Crippen molar-refractivity contribution in [3.05, 3.63) is 28.8 Å². The van der Waals surface area contributed by atoms with E-state index in [4.69, 9.17) is 16.7 Å². The molecule has 0 aliphatic carbocycles. The topological polar surface area (TPSA) is 60.9 Å². The Hall–Kier alpha value is -1.75. The van der Waals surface area contributed by atoms with Crippen LogP contribution in [-0.2, 0) is 4.79 Å². The van der Waals surface area contributed by atoms with Crippen molar-refractivity contribution in [1.82, 2.24) is 4.90 Å². The highest BCUT2D eigenvalue weighted by Crippen LogP contribution is 2.24. The van der Waals surface area contributed by atoms with Crippen LogP contribution < -0.4 is 4.90 Å². The van der Waals surface area contributed by atoms with Gasteiger partial charge in [0.1, 0.15) is 0 Å². The van der Waals surface area contributed by atoms with E-state index < -0.39 is 5.97 Å². The van der Waals surface area contributed by atoms with E-state index in [1.54, 1.807) is 26.2 Å². The van der Waals surface area contributed by atoms with Crippen LogP contribution in [0.25, 0.3) is 0 Å². The summed E-state index contributed by atoms with van der Waals surface area (Å²) in [5.41, 5.74) is 0.808. The Kier molecular flexibility index (Phi) is 5.82. The molecular formula is C14H19ClN2O3. The molecule has 110 valence electrons. The molecule has 1 amide bonds. The Morgan fingerprint density at radius 1 is 1.30 bits per heavy atom. The minimum absolute atomic E-state index is 0.0168. The molecule has 0 heterocycles. The summed E-state index contributed by atoms with van der Waals surface area (Å²) < 4.78 is 0. The highest BCUT2D eigenvalue weighted by molar-refractivity contribution is 6.33. The predicted octanol–water partition coefficient (Wildman–Crippen LogP) is 2.34. The average Bonchev–Trinajstić information content (AvgIpc) is 2.37. The van der Waals surface area contributed by atoms with E-state index in [1.807, 2.05) is 11.8 Å². The van der Waals surface area contributed by atoms with Gasteiger partial charge >= 0.3 is 5.97 Å². The monoisotopic (exact) mass is 298 g/mol. The summed E-state index contributed by atoms with van der Waals surface area (Å²) in [6, 6.07) is 4.72. The lowest BCUT2D eigenvalue weighted by Gasteiger charge is -2.25. The molecule has 1 aromatic rings. The summed E-state index contributed by atoms with van der Waals surface area (Å²) in [6.45, 7) is 2.95. The molecule has 0 saturated heterocycles. The van der Waals surface area contributed by atoms with Crippen molar-refractivity contribution in [2.24, 2.45) is 0 Å². The second kappa shape index (κ2) is 7.14. The second-order valence-electron chi connectivity index (χ2n) is 4.68. The lowest BCUT2D eigenvalue weighted by Crippen LogP contribution is -2.37. The minimum atomic E-state index is -1.06. The van der Waals surface area contributed by atoms with Gasteiger partial charge in [0.25, 0.3) is 0 Å². The van der Waals surface area contributed by atoms with Crippen molar-refractivity contribution < 1.29 is 14.7 Å². The lowest BCUT2D eigenvalue weighted by molar-refractivity contribution is -0.127. The number of carboxylic acid groups (broad SMARTS) is 1. The number of aromatic carboxylic acids is 1. The second-order valence-corrected chi connectivity index (χ2v) is 5.09. The molecular weight excluding hydrogens is 280 g/mol. The molecule has 0 saturated carbocycles. The summed E-state index contributed by atoms with van der Waals surface area (Å²) >= 11 is 5.96. The first-order valence-corrected chi connectivity index (χ1v) is 6.72. The number of hydrogen-bond donors (Lipinski definition) is 1. The number of carbonyl (C=O) groups is 2. The van der Waals surface area contributed by atoms with Gasteiger partial charge in [0.2, 0.25) is 5.91 Å². The third-order valence-corrected chi connectivity index (χ3v) is 3.18. The molecule has 0 unspecified atom stereocenters. The fraction of sp³-hybridized carbons (Fsp3) is 0.429. The van der Waals surface area contributed by atoms with Crippen LogP contribution in [0, 0.1) is 0 Å². The van der Waals surface area contributed by atoms with Gasteiger partial charge in [-0.25, -0.2) is 4.79 Å². The van der Waals surface area contributed by atoms with E-state index in [2.05, 4.69) is 0 Å². The zero-order chi connectivity index (χ0) is 15.3. The summed E-state index contributed by atoms with van der Waals surface area (Å²) in [5.74, 6) is -1.08. The van der Waals surface area contributed by atoms with Crippen LogP contribution >= 0.6 is 11.6 Å². The molecule has 5 nitrogen and oxygen atoms in total. The van der Waals surface area contributed by atoms with E-state index in [1.165, 1.54) is 11.0 Å². The van der Waals surface area contributed by atoms with Crippen molar-refractivity contribution in [1.29, 1.82) is 0 Å². The van der Waals surface area contributed by atoms with E-state index in [9.17, 15) is 9.59 Å². The van der Waals surface area contributed by atoms with Crippen molar-refractivity contribution in [2.75, 3.05) is 32.1 Å². The Labute approximate surface area is 123 Å². The molecule has 1 N–H and O–H groups in total. The standard InChI is InChI=1S/C14H19ClN2O3/c1-4-7-17(9-13(18)16(2)3)10-5-6-11(14(19)20)12(15)8-10/h5-6,8H,4,7,9H2,1-3H3,(H,19,20). The van der Waals surface area contributed by atoms with Crippen LogP contribution in [0.4, 0.5) is 5.69 Å². The maximum atomic E-state index is 11.8. The van der Waals surface area contributed by atoms with Gasteiger partial charge < -0.3 is 14.9 Å². The molecule has 0 fully saturated rings. The molecule has 6 heteroatoms. The van der Waals surface area contributed by atoms with Gasteiger partial charge in [-0.05, 0) is 24.6 Å². The third kappa shape index (κ3) is 4.13. The molecule has 0 spiro atoms. The number of carbonyl (C=O) groups excluding carboxylic acids is 1. The van der Waals surface area contributed by atoms with Crippen molar-refractivity contribution in [2.45, 2.75) is 13.3 Å². The number of hydrogen-bond acceptors (Lipinski definition) is 3. The first-order chi connectivity index (χ1) is 9.36. The fourth-order valence-electron chi connectivity index (χ4n) is 1.75. The zero-order valence-corrected chi connectivity index (χ0v) is 12.6. The molecule has 0 aliphatic rings. The van der Waals surface area contributed by atoms with Crippen LogP contribution in [0.1, 0.15) is 23.7 Å². The van der Waals surface area contributed by atoms with Gasteiger partial charge in [-0.3, -0.25) is 4.79 Å². The first-order valence-electron chi connectivity index (χ1n) is 6.34. The van der Waals surface area contributed by atoms with E-state index in [0.717, 1.165) is 12.1 Å². The predicted molar refractivity (Wildman–Crippen MR) is 79.6 cm³/mol. The van der Waals surface area contributed by atoms with Crippen molar-refractivity contribution in [3.63, 3.8) is 0 Å². The number of rotatable bonds is 6. The molecule has 0 bridgehead atoms. The van der Waals surface area contributed by atoms with E-state index in [-0.39, 0.29) is 23.0 Å². The number of anilines is 1. The Bertz CT molecular complexity index is 503. The van der Waals surface area contributed by atoms with E-state index in [0.29, 0.717) is 6.54 Å². The SMILES string of the molecule is CCCN(CC(=O)N(C)C)c1ccc(C(=O)O)c(Cl)c1. The minimum Gasteiger partial charge on any atom is -0.478 e. The lowest BCUT2D eigenvalue weighted by atomic mass is 10.2. The molecule has 0 aliphatic heterocycles. The fourth-order valence-corrected chi connectivity index (χ4v) is 2.00. The van der Waals surface area contributed by atoms with Crippen LogP contribution in [-0.4, -0.2) is 49.1 Å². The summed E-state index contributed by atoms with van der Waals surface area (Å²) in [4.78, 5) is 26.2. The molecule has 0 atom stereocenters. The molecule has 1 rings (SSSR count). The van der Waals surface area contributed by atoms with Crippen LogP contribution in [0.2, 0.25) is 5.02 Å². The number of benzene rings is 1. The number of likely N-dealkylation sites (N-methyl/N-ethyl adjacent to an activating group) is 1. The largest absolute Gasteiger partial charge is 0.478 e. The quantitative estimate of drug-likeness (QED) is 0.876. The van der Waals surface area contributed by atoms with Crippen LogP contribution in [0.3, 0.4) is 0 Å². The van der Waals surface area contributed by atoms with Gasteiger partial charge in [-0.1, -0.05) is 18.5 Å².